The molecule has 8 heteroatoms. The molecule has 0 fully saturated rings. The summed E-state index contributed by atoms with van der Waals surface area (Å²) >= 11 is 11.9. The first kappa shape index (κ1) is 18.3. The van der Waals surface area contributed by atoms with E-state index in [0.29, 0.717) is 27.7 Å². The highest BCUT2D eigenvalue weighted by atomic mass is 35.5. The molecule has 0 aliphatic carbocycles. The zero-order valence-corrected chi connectivity index (χ0v) is 14.9. The van der Waals surface area contributed by atoms with Crippen LogP contribution in [0.25, 0.3) is 0 Å². The Hall–Kier alpha value is -2.05. The number of halogens is 2. The molecule has 0 saturated heterocycles. The van der Waals surface area contributed by atoms with Gasteiger partial charge in [-0.25, -0.2) is 0 Å². The number of nitrogens with zero attached hydrogens (tertiary/aromatic N) is 1. The van der Waals surface area contributed by atoms with Crippen LogP contribution in [0, 0.1) is 13.8 Å². The Morgan fingerprint density at radius 2 is 2.04 bits per heavy atom. The zero-order chi connectivity index (χ0) is 17.9. The van der Waals surface area contributed by atoms with Crippen molar-refractivity contribution in [2.45, 2.75) is 33.3 Å². The molecular weight excluding hydrogens is 355 g/mol. The van der Waals surface area contributed by atoms with Gasteiger partial charge in [0.15, 0.2) is 6.10 Å². The Kier molecular flexibility index (Phi) is 5.85. The third-order valence-electron chi connectivity index (χ3n) is 3.39. The number of hydrogen-bond donors (Lipinski definition) is 1. The lowest BCUT2D eigenvalue weighted by Crippen LogP contribution is -2.30. The molecule has 1 atom stereocenters. The summed E-state index contributed by atoms with van der Waals surface area (Å²) in [6.45, 7) is 4.91. The normalized spacial score (nSPS) is 11.9. The molecule has 0 unspecified atom stereocenters. The molecule has 0 bridgehead atoms. The average Bonchev–Trinajstić information content (AvgIpc) is 2.83. The van der Waals surface area contributed by atoms with Crippen molar-refractivity contribution in [3.63, 3.8) is 0 Å². The van der Waals surface area contributed by atoms with Crippen molar-refractivity contribution in [2.24, 2.45) is 0 Å². The molecule has 24 heavy (non-hydrogen) atoms. The van der Waals surface area contributed by atoms with E-state index in [4.69, 9.17) is 32.5 Å². The fraction of sp³-hybridized carbons (Fsp3) is 0.312. The average molecular weight is 371 g/mol. The summed E-state index contributed by atoms with van der Waals surface area (Å²) in [5.41, 5.74) is 1.63. The van der Waals surface area contributed by atoms with Crippen LogP contribution in [0.5, 0.6) is 0 Å². The number of carbonyl (C=O) groups is 2. The quantitative estimate of drug-likeness (QED) is 0.811. The molecule has 0 aliphatic heterocycles. The van der Waals surface area contributed by atoms with E-state index in [1.54, 1.807) is 32.0 Å². The zero-order valence-electron chi connectivity index (χ0n) is 13.4. The number of aryl methyl sites for hydroxylation is 2. The molecule has 0 radical (unpaired) electrons. The maximum absolute atomic E-state index is 12.1. The molecule has 1 heterocycles. The monoisotopic (exact) mass is 370 g/mol. The van der Waals surface area contributed by atoms with Gasteiger partial charge in [0.1, 0.15) is 5.76 Å². The molecular formula is C16H16Cl2N2O4. The molecule has 1 N–H and O–H groups in total. The number of benzene rings is 1. The Balaban J connectivity index is 1.96. The van der Waals surface area contributed by atoms with Gasteiger partial charge in [0.05, 0.1) is 27.8 Å². The molecule has 1 aromatic heterocycles. The van der Waals surface area contributed by atoms with Crippen LogP contribution in [-0.2, 0) is 20.7 Å². The number of amides is 1. The van der Waals surface area contributed by atoms with Gasteiger partial charge in [0.2, 0.25) is 0 Å². The van der Waals surface area contributed by atoms with Gasteiger partial charge < -0.3 is 14.6 Å². The summed E-state index contributed by atoms with van der Waals surface area (Å²) in [5, 5.41) is 6.88. The van der Waals surface area contributed by atoms with Crippen LogP contribution in [0.3, 0.4) is 0 Å². The predicted octanol–water partition coefficient (Wildman–Crippen LogP) is 3.71. The number of aromatic nitrogens is 1. The van der Waals surface area contributed by atoms with Crippen LogP contribution < -0.4 is 5.32 Å². The summed E-state index contributed by atoms with van der Waals surface area (Å²) in [7, 11) is 0. The van der Waals surface area contributed by atoms with E-state index in [1.165, 1.54) is 6.92 Å². The van der Waals surface area contributed by atoms with E-state index in [0.717, 1.165) is 0 Å². The minimum absolute atomic E-state index is 0.0172. The fourth-order valence-electron chi connectivity index (χ4n) is 2.03. The first-order valence-corrected chi connectivity index (χ1v) is 7.91. The van der Waals surface area contributed by atoms with Crippen molar-refractivity contribution in [3.05, 3.63) is 45.3 Å². The highest BCUT2D eigenvalue weighted by Gasteiger charge is 2.21. The summed E-state index contributed by atoms with van der Waals surface area (Å²) < 4.78 is 10.1. The molecule has 0 saturated carbocycles. The molecule has 1 amide bonds. The lowest BCUT2D eigenvalue weighted by Gasteiger charge is -2.14. The minimum Gasteiger partial charge on any atom is -0.452 e. The number of ether oxygens (including phenoxy) is 1. The largest absolute Gasteiger partial charge is 0.452 e. The summed E-state index contributed by atoms with van der Waals surface area (Å²) in [4.78, 5) is 24.1. The fourth-order valence-corrected chi connectivity index (χ4v) is 2.37. The Morgan fingerprint density at radius 3 is 2.67 bits per heavy atom. The van der Waals surface area contributed by atoms with Crippen molar-refractivity contribution in [1.82, 2.24) is 5.16 Å². The second-order valence-corrected chi connectivity index (χ2v) is 5.99. The predicted molar refractivity (Wildman–Crippen MR) is 90.3 cm³/mol. The topological polar surface area (TPSA) is 81.4 Å². The third-order valence-corrected chi connectivity index (χ3v) is 4.21. The molecule has 2 aromatic rings. The van der Waals surface area contributed by atoms with Gasteiger partial charge in [-0.1, -0.05) is 34.4 Å². The molecule has 2 rings (SSSR count). The lowest BCUT2D eigenvalue weighted by molar-refractivity contribution is -0.152. The number of hydrogen-bond acceptors (Lipinski definition) is 5. The first-order valence-electron chi connectivity index (χ1n) is 7.15. The van der Waals surface area contributed by atoms with Gasteiger partial charge in [-0.15, -0.1) is 0 Å². The second-order valence-electron chi connectivity index (χ2n) is 5.20. The first-order chi connectivity index (χ1) is 11.3. The number of esters is 1. The Morgan fingerprint density at radius 1 is 1.33 bits per heavy atom. The van der Waals surface area contributed by atoms with E-state index in [-0.39, 0.29) is 11.4 Å². The van der Waals surface area contributed by atoms with E-state index in [1.807, 2.05) is 0 Å². The Labute approximate surface area is 149 Å². The summed E-state index contributed by atoms with van der Waals surface area (Å²) in [6, 6.07) is 4.86. The van der Waals surface area contributed by atoms with Crippen LogP contribution in [-0.4, -0.2) is 23.1 Å². The lowest BCUT2D eigenvalue weighted by atomic mass is 10.1. The highest BCUT2D eigenvalue weighted by molar-refractivity contribution is 6.44. The van der Waals surface area contributed by atoms with Crippen molar-refractivity contribution < 1.29 is 18.8 Å². The van der Waals surface area contributed by atoms with Gasteiger partial charge in [0, 0.05) is 5.56 Å². The molecule has 1 aromatic carbocycles. The van der Waals surface area contributed by atoms with E-state index >= 15 is 0 Å². The second kappa shape index (κ2) is 7.68. The van der Waals surface area contributed by atoms with E-state index < -0.39 is 18.0 Å². The molecule has 6 nitrogen and oxygen atoms in total. The van der Waals surface area contributed by atoms with Gasteiger partial charge in [-0.2, -0.15) is 0 Å². The SMILES string of the molecule is Cc1noc(C)c1CC(=O)O[C@H](C)C(=O)Nc1cccc(Cl)c1Cl. The van der Waals surface area contributed by atoms with Crippen molar-refractivity contribution in [3.8, 4) is 0 Å². The number of anilines is 1. The number of nitrogens with one attached hydrogen (secondary N) is 1. The van der Waals surface area contributed by atoms with E-state index in [2.05, 4.69) is 10.5 Å². The van der Waals surface area contributed by atoms with Gasteiger partial charge >= 0.3 is 5.97 Å². The van der Waals surface area contributed by atoms with Gasteiger partial charge in [-0.3, -0.25) is 9.59 Å². The van der Waals surface area contributed by atoms with Gasteiger partial charge in [0.25, 0.3) is 5.91 Å². The smallest absolute Gasteiger partial charge is 0.311 e. The number of rotatable bonds is 5. The summed E-state index contributed by atoms with van der Waals surface area (Å²) in [6.07, 6.45) is -1.01. The third kappa shape index (κ3) is 4.27. The maximum atomic E-state index is 12.1. The molecule has 128 valence electrons. The van der Waals surface area contributed by atoms with Crippen LogP contribution in [0.2, 0.25) is 10.0 Å². The van der Waals surface area contributed by atoms with Crippen molar-refractivity contribution >= 4 is 40.8 Å². The van der Waals surface area contributed by atoms with Crippen LogP contribution in [0.15, 0.2) is 22.7 Å². The summed E-state index contributed by atoms with van der Waals surface area (Å²) in [5.74, 6) is -0.511. The minimum atomic E-state index is -0.993. The van der Waals surface area contributed by atoms with Gasteiger partial charge in [-0.05, 0) is 32.9 Å². The Bertz CT molecular complexity index is 754. The molecule has 0 spiro atoms. The van der Waals surface area contributed by atoms with Crippen LogP contribution >= 0.6 is 23.2 Å². The van der Waals surface area contributed by atoms with Crippen molar-refractivity contribution in [2.75, 3.05) is 5.32 Å². The van der Waals surface area contributed by atoms with E-state index in [9.17, 15) is 9.59 Å². The highest BCUT2D eigenvalue weighted by Crippen LogP contribution is 2.29. The van der Waals surface area contributed by atoms with Crippen LogP contribution in [0.1, 0.15) is 23.9 Å². The van der Waals surface area contributed by atoms with Crippen LogP contribution in [0.4, 0.5) is 5.69 Å². The molecule has 0 aliphatic rings. The number of carbonyl (C=O) groups excluding carboxylic acids is 2. The standard InChI is InChI=1S/C16H16Cl2N2O4/c1-8-11(9(2)24-20-8)7-14(21)23-10(3)16(22)19-13-6-4-5-12(17)15(13)18/h4-6,10H,7H2,1-3H3,(H,19,22)/t10-/m1/s1. The van der Waals surface area contributed by atoms with Crippen molar-refractivity contribution in [1.29, 1.82) is 0 Å². The maximum Gasteiger partial charge on any atom is 0.311 e.